The molecule has 1 aliphatic heterocycles. The highest BCUT2D eigenvalue weighted by Crippen LogP contribution is 2.14. The maximum absolute atomic E-state index is 12.8. The highest BCUT2D eigenvalue weighted by molar-refractivity contribution is 5.80. The molecular weight excluding hydrogens is 408 g/mol. The van der Waals surface area contributed by atoms with E-state index in [-0.39, 0.29) is 30.0 Å². The number of aromatic amines is 1. The molecule has 1 amide bonds. The van der Waals surface area contributed by atoms with E-state index in [2.05, 4.69) is 22.1 Å². The third-order valence-electron chi connectivity index (χ3n) is 5.94. The molecule has 168 valence electrons. The summed E-state index contributed by atoms with van der Waals surface area (Å²) in [5, 5.41) is 3.33. The largest absolute Gasteiger partial charge is 0.497 e. The van der Waals surface area contributed by atoms with E-state index in [1.54, 1.807) is 31.4 Å². The molecule has 8 heteroatoms. The van der Waals surface area contributed by atoms with Gasteiger partial charge in [-0.3, -0.25) is 24.4 Å². The van der Waals surface area contributed by atoms with Crippen molar-refractivity contribution >= 4 is 16.7 Å². The molecule has 2 heterocycles. The van der Waals surface area contributed by atoms with E-state index >= 15 is 0 Å². The smallest absolute Gasteiger partial charge is 0.273 e. The Morgan fingerprint density at radius 3 is 2.47 bits per heavy atom. The molecular formula is C24H28N4O4. The van der Waals surface area contributed by atoms with Gasteiger partial charge in [0.15, 0.2) is 0 Å². The van der Waals surface area contributed by atoms with Crippen LogP contribution < -0.4 is 15.9 Å². The van der Waals surface area contributed by atoms with Gasteiger partial charge in [-0.1, -0.05) is 24.3 Å². The summed E-state index contributed by atoms with van der Waals surface area (Å²) < 4.78 is 6.46. The molecule has 0 bridgehead atoms. The molecule has 0 unspecified atom stereocenters. The number of hydrogen-bond donors (Lipinski definition) is 1. The lowest BCUT2D eigenvalue weighted by molar-refractivity contribution is -0.131. The van der Waals surface area contributed by atoms with Gasteiger partial charge in [0.05, 0.1) is 24.4 Å². The van der Waals surface area contributed by atoms with Crippen molar-refractivity contribution in [1.29, 1.82) is 0 Å². The summed E-state index contributed by atoms with van der Waals surface area (Å²) in [5.74, 6) is 0.838. The first-order chi connectivity index (χ1) is 15.5. The summed E-state index contributed by atoms with van der Waals surface area (Å²) in [5.41, 5.74) is 0.608. The summed E-state index contributed by atoms with van der Waals surface area (Å²) in [4.78, 5) is 41.9. The van der Waals surface area contributed by atoms with Crippen molar-refractivity contribution in [2.75, 3.05) is 33.3 Å². The van der Waals surface area contributed by atoms with Gasteiger partial charge >= 0.3 is 0 Å². The molecule has 3 aromatic rings. The lowest BCUT2D eigenvalue weighted by Gasteiger charge is -2.22. The van der Waals surface area contributed by atoms with Crippen LogP contribution in [0, 0.1) is 0 Å². The lowest BCUT2D eigenvalue weighted by atomic mass is 10.2. The quantitative estimate of drug-likeness (QED) is 0.637. The van der Waals surface area contributed by atoms with Crippen LogP contribution in [0.25, 0.3) is 10.8 Å². The number of aromatic nitrogens is 2. The fourth-order valence-corrected chi connectivity index (χ4v) is 4.14. The molecule has 0 aliphatic carbocycles. The molecule has 0 radical (unpaired) electrons. The number of nitrogens with zero attached hydrogens (tertiary/aromatic N) is 3. The number of amides is 1. The van der Waals surface area contributed by atoms with Gasteiger partial charge in [-0.2, -0.15) is 0 Å². The molecule has 1 fully saturated rings. The monoisotopic (exact) mass is 436 g/mol. The van der Waals surface area contributed by atoms with Gasteiger partial charge in [-0.25, -0.2) is 4.68 Å². The number of hydrogen-bond acceptors (Lipinski definition) is 5. The van der Waals surface area contributed by atoms with E-state index in [1.165, 1.54) is 10.2 Å². The zero-order valence-corrected chi connectivity index (χ0v) is 18.3. The second-order valence-electron chi connectivity index (χ2n) is 8.05. The predicted molar refractivity (Wildman–Crippen MR) is 123 cm³/mol. The summed E-state index contributed by atoms with van der Waals surface area (Å²) >= 11 is 0. The molecule has 0 spiro atoms. The number of methoxy groups -OCH3 is 1. The van der Waals surface area contributed by atoms with E-state index in [0.29, 0.717) is 23.9 Å². The maximum atomic E-state index is 12.8. The first-order valence-corrected chi connectivity index (χ1v) is 10.9. The Labute approximate surface area is 186 Å². The zero-order valence-electron chi connectivity index (χ0n) is 18.3. The van der Waals surface area contributed by atoms with Crippen molar-refractivity contribution in [2.24, 2.45) is 0 Å². The van der Waals surface area contributed by atoms with Crippen molar-refractivity contribution in [1.82, 2.24) is 19.6 Å². The van der Waals surface area contributed by atoms with Crippen molar-refractivity contribution in [2.45, 2.75) is 25.9 Å². The van der Waals surface area contributed by atoms with Crippen molar-refractivity contribution < 1.29 is 9.53 Å². The third kappa shape index (κ3) is 4.91. The van der Waals surface area contributed by atoms with Crippen LogP contribution in [-0.2, 0) is 17.9 Å². The van der Waals surface area contributed by atoms with Gasteiger partial charge in [-0.15, -0.1) is 0 Å². The molecule has 8 nitrogen and oxygen atoms in total. The van der Waals surface area contributed by atoms with Crippen molar-refractivity contribution in [3.05, 3.63) is 74.8 Å². The number of fused-ring (bicyclic) bond motifs is 1. The Hall–Kier alpha value is -3.39. The molecule has 1 saturated heterocycles. The summed E-state index contributed by atoms with van der Waals surface area (Å²) in [6, 6.07) is 14.8. The number of carbonyl (C=O) groups is 1. The minimum Gasteiger partial charge on any atom is -0.497 e. The van der Waals surface area contributed by atoms with E-state index in [1.807, 2.05) is 17.0 Å². The van der Waals surface area contributed by atoms with Crippen LogP contribution in [0.5, 0.6) is 5.75 Å². The molecule has 2 aromatic carbocycles. The van der Waals surface area contributed by atoms with Gasteiger partial charge in [0.2, 0.25) is 5.91 Å². The average Bonchev–Trinajstić information content (AvgIpc) is 3.06. The first-order valence-electron chi connectivity index (χ1n) is 10.9. The van der Waals surface area contributed by atoms with E-state index < -0.39 is 0 Å². The second-order valence-corrected chi connectivity index (χ2v) is 8.05. The highest BCUT2D eigenvalue weighted by Gasteiger charge is 2.19. The van der Waals surface area contributed by atoms with Crippen LogP contribution in [0.1, 0.15) is 18.4 Å². The highest BCUT2D eigenvalue weighted by atomic mass is 16.5. The van der Waals surface area contributed by atoms with E-state index in [9.17, 15) is 14.4 Å². The van der Waals surface area contributed by atoms with Gasteiger partial charge in [0.1, 0.15) is 5.75 Å². The molecule has 0 saturated carbocycles. The average molecular weight is 437 g/mol. The molecule has 4 rings (SSSR count). The van der Waals surface area contributed by atoms with Crippen LogP contribution in [0.4, 0.5) is 0 Å². The summed E-state index contributed by atoms with van der Waals surface area (Å²) in [6.07, 6.45) is 1.07. The number of benzene rings is 2. The number of H-pyrrole nitrogens is 1. The molecule has 32 heavy (non-hydrogen) atoms. The first kappa shape index (κ1) is 21.8. The number of nitrogens with one attached hydrogen (secondary N) is 1. The maximum Gasteiger partial charge on any atom is 0.273 e. The zero-order chi connectivity index (χ0) is 22.5. The Bertz CT molecular complexity index is 1200. The number of rotatable bonds is 6. The lowest BCUT2D eigenvalue weighted by Crippen LogP contribution is -2.37. The van der Waals surface area contributed by atoms with Gasteiger partial charge in [0.25, 0.3) is 11.1 Å². The Morgan fingerprint density at radius 1 is 0.969 bits per heavy atom. The Morgan fingerprint density at radius 2 is 1.72 bits per heavy atom. The number of aryl methyl sites for hydroxylation is 1. The topological polar surface area (TPSA) is 87.6 Å². The summed E-state index contributed by atoms with van der Waals surface area (Å²) in [7, 11) is 1.66. The van der Waals surface area contributed by atoms with E-state index in [4.69, 9.17) is 4.74 Å². The molecule has 1 aromatic heterocycles. The molecule has 1 N–H and O–H groups in total. The standard InChI is InChI=1S/C24H28N4O4/c1-32-19-9-7-18(8-10-19)17-26-12-4-13-27(16-15-26)22(29)11-14-28-24(31)21-6-3-2-5-20(21)23(30)25-28/h2-3,5-10H,4,11-17H2,1H3,(H,25,30). The second kappa shape index (κ2) is 9.82. The van der Waals surface area contributed by atoms with Crippen LogP contribution in [0.2, 0.25) is 0 Å². The fourth-order valence-electron chi connectivity index (χ4n) is 4.14. The van der Waals surface area contributed by atoms with Crippen LogP contribution in [-0.4, -0.2) is 58.8 Å². The van der Waals surface area contributed by atoms with Gasteiger partial charge in [0, 0.05) is 39.1 Å². The Kier molecular flexibility index (Phi) is 6.70. The predicted octanol–water partition coefficient (Wildman–Crippen LogP) is 1.82. The van der Waals surface area contributed by atoms with Gasteiger partial charge < -0.3 is 9.64 Å². The van der Waals surface area contributed by atoms with Gasteiger partial charge in [-0.05, 0) is 36.2 Å². The SMILES string of the molecule is COc1ccc(CN2CCCN(C(=O)CCn3[nH]c(=O)c4ccccc4c3=O)CC2)cc1. The Balaban J connectivity index is 1.34. The molecule has 1 aliphatic rings. The number of ether oxygens (including phenoxy) is 1. The third-order valence-corrected chi connectivity index (χ3v) is 5.94. The number of carbonyl (C=O) groups excluding carboxylic acids is 1. The fraction of sp³-hybridized carbons (Fsp3) is 0.375. The minimum atomic E-state index is -0.323. The summed E-state index contributed by atoms with van der Waals surface area (Å²) in [6.45, 7) is 4.06. The van der Waals surface area contributed by atoms with Crippen molar-refractivity contribution in [3.8, 4) is 5.75 Å². The molecule has 0 atom stereocenters. The minimum absolute atomic E-state index is 0.00259. The normalized spacial score (nSPS) is 15.0. The van der Waals surface area contributed by atoms with Crippen LogP contribution >= 0.6 is 0 Å². The van der Waals surface area contributed by atoms with E-state index in [0.717, 1.165) is 31.8 Å². The van der Waals surface area contributed by atoms with Crippen LogP contribution in [0.15, 0.2) is 58.1 Å². The van der Waals surface area contributed by atoms with Crippen molar-refractivity contribution in [3.63, 3.8) is 0 Å². The van der Waals surface area contributed by atoms with Crippen LogP contribution in [0.3, 0.4) is 0 Å².